The standard InChI is InChI=1S/C17H21N3O2S/c1-23(21,22)7-6-20-11-14(10-19-20)13-3-2-12-4-5-17(9-16(17)18)15(12)8-13/h2-3,8,10-11,16H,4-7,9,18H2,1H3. The number of nitrogens with two attached hydrogens (primary N) is 1. The summed E-state index contributed by atoms with van der Waals surface area (Å²) in [4.78, 5) is 0. The Bertz CT molecular complexity index is 872. The molecule has 2 unspecified atom stereocenters. The Morgan fingerprint density at radius 1 is 1.39 bits per heavy atom. The molecule has 1 heterocycles. The molecule has 1 saturated carbocycles. The summed E-state index contributed by atoms with van der Waals surface area (Å²) in [7, 11) is -2.97. The second-order valence-electron chi connectivity index (χ2n) is 6.96. The first-order valence-electron chi connectivity index (χ1n) is 7.97. The summed E-state index contributed by atoms with van der Waals surface area (Å²) in [5.74, 6) is 0.107. The molecular formula is C17H21N3O2S. The van der Waals surface area contributed by atoms with Crippen LogP contribution in [-0.2, 0) is 28.2 Å². The van der Waals surface area contributed by atoms with Gasteiger partial charge in [-0.25, -0.2) is 8.42 Å². The number of sulfone groups is 1. The minimum absolute atomic E-state index is 0.107. The second kappa shape index (κ2) is 4.92. The van der Waals surface area contributed by atoms with Crippen molar-refractivity contribution >= 4 is 9.84 Å². The molecule has 2 atom stereocenters. The zero-order valence-electron chi connectivity index (χ0n) is 13.2. The molecule has 122 valence electrons. The molecule has 1 aromatic carbocycles. The molecule has 1 aromatic heterocycles. The summed E-state index contributed by atoms with van der Waals surface area (Å²) in [6, 6.07) is 6.89. The van der Waals surface area contributed by atoms with Gasteiger partial charge in [0.2, 0.25) is 0 Å². The van der Waals surface area contributed by atoms with Gasteiger partial charge in [0.25, 0.3) is 0 Å². The van der Waals surface area contributed by atoms with Crippen molar-refractivity contribution in [3.05, 3.63) is 41.7 Å². The maximum atomic E-state index is 11.3. The van der Waals surface area contributed by atoms with Crippen molar-refractivity contribution in [2.45, 2.75) is 37.3 Å². The third-order valence-corrected chi connectivity index (χ3v) is 6.20. The number of fused-ring (bicyclic) bond motifs is 2. The normalized spacial score (nSPS) is 25.7. The summed E-state index contributed by atoms with van der Waals surface area (Å²) in [6.45, 7) is 0.387. The average Bonchev–Trinajstić information content (AvgIpc) is 2.88. The number of aromatic nitrogens is 2. The average molecular weight is 331 g/mol. The molecule has 6 heteroatoms. The quantitative estimate of drug-likeness (QED) is 0.921. The fourth-order valence-electron chi connectivity index (χ4n) is 3.75. The Morgan fingerprint density at radius 2 is 2.17 bits per heavy atom. The van der Waals surface area contributed by atoms with Gasteiger partial charge in [-0.15, -0.1) is 0 Å². The SMILES string of the molecule is CS(=O)(=O)CCn1cc(-c2ccc3c(c2)C2(CC3)CC2N)cn1. The van der Waals surface area contributed by atoms with Gasteiger partial charge in [0.05, 0.1) is 18.5 Å². The molecule has 0 aliphatic heterocycles. The van der Waals surface area contributed by atoms with Crippen LogP contribution in [0.5, 0.6) is 0 Å². The highest BCUT2D eigenvalue weighted by molar-refractivity contribution is 7.90. The van der Waals surface area contributed by atoms with E-state index in [1.807, 2.05) is 6.20 Å². The summed E-state index contributed by atoms with van der Waals surface area (Å²) in [5.41, 5.74) is 11.4. The fourth-order valence-corrected chi connectivity index (χ4v) is 4.27. The Balaban J connectivity index is 1.60. The summed E-state index contributed by atoms with van der Waals surface area (Å²) in [5, 5.41) is 4.28. The van der Waals surface area contributed by atoms with Gasteiger partial charge >= 0.3 is 0 Å². The van der Waals surface area contributed by atoms with Crippen LogP contribution in [0.1, 0.15) is 24.0 Å². The monoisotopic (exact) mass is 331 g/mol. The van der Waals surface area contributed by atoms with E-state index in [0.717, 1.165) is 24.0 Å². The molecule has 2 aliphatic carbocycles. The number of benzene rings is 1. The largest absolute Gasteiger partial charge is 0.327 e. The maximum Gasteiger partial charge on any atom is 0.149 e. The molecule has 2 N–H and O–H groups in total. The molecule has 5 nitrogen and oxygen atoms in total. The lowest BCUT2D eigenvalue weighted by molar-refractivity contribution is 0.586. The predicted octanol–water partition coefficient (Wildman–Crippen LogP) is 1.51. The van der Waals surface area contributed by atoms with Gasteiger partial charge in [-0.1, -0.05) is 18.2 Å². The van der Waals surface area contributed by atoms with Crippen molar-refractivity contribution in [1.29, 1.82) is 0 Å². The first-order chi connectivity index (χ1) is 10.9. The van der Waals surface area contributed by atoms with E-state index in [9.17, 15) is 8.42 Å². The van der Waals surface area contributed by atoms with Crippen LogP contribution in [0.15, 0.2) is 30.6 Å². The number of nitrogens with zero attached hydrogens (tertiary/aromatic N) is 2. The zero-order chi connectivity index (χ0) is 16.2. The molecule has 2 aromatic rings. The van der Waals surface area contributed by atoms with Crippen LogP contribution in [0.25, 0.3) is 11.1 Å². The van der Waals surface area contributed by atoms with Crippen LogP contribution in [0.4, 0.5) is 0 Å². The molecule has 2 aliphatic rings. The van der Waals surface area contributed by atoms with E-state index in [4.69, 9.17) is 5.73 Å². The Kier molecular flexibility index (Phi) is 3.19. The van der Waals surface area contributed by atoms with Gasteiger partial charge in [-0.3, -0.25) is 4.68 Å². The number of hydrogen-bond donors (Lipinski definition) is 1. The van der Waals surface area contributed by atoms with Crippen LogP contribution in [0.2, 0.25) is 0 Å². The van der Waals surface area contributed by atoms with E-state index in [0.29, 0.717) is 12.6 Å². The third kappa shape index (κ3) is 2.60. The first kappa shape index (κ1) is 14.9. The van der Waals surface area contributed by atoms with Crippen LogP contribution in [0, 0.1) is 0 Å². The summed E-state index contributed by atoms with van der Waals surface area (Å²) < 4.78 is 24.2. The molecule has 1 spiro atoms. The topological polar surface area (TPSA) is 78.0 Å². The van der Waals surface area contributed by atoms with E-state index < -0.39 is 9.84 Å². The van der Waals surface area contributed by atoms with Crippen molar-refractivity contribution in [3.8, 4) is 11.1 Å². The smallest absolute Gasteiger partial charge is 0.149 e. The van der Waals surface area contributed by atoms with Gasteiger partial charge in [0, 0.05) is 29.5 Å². The van der Waals surface area contributed by atoms with Gasteiger partial charge in [0.1, 0.15) is 9.84 Å². The molecule has 23 heavy (non-hydrogen) atoms. The van der Waals surface area contributed by atoms with Crippen LogP contribution >= 0.6 is 0 Å². The zero-order valence-corrected chi connectivity index (χ0v) is 14.0. The molecule has 0 amide bonds. The molecular weight excluding hydrogens is 310 g/mol. The summed E-state index contributed by atoms with van der Waals surface area (Å²) >= 11 is 0. The number of hydrogen-bond acceptors (Lipinski definition) is 4. The van der Waals surface area contributed by atoms with E-state index in [2.05, 4.69) is 23.3 Å². The molecule has 1 fully saturated rings. The van der Waals surface area contributed by atoms with E-state index in [1.165, 1.54) is 23.8 Å². The second-order valence-corrected chi connectivity index (χ2v) is 9.22. The first-order valence-corrected chi connectivity index (χ1v) is 10.0. The van der Waals surface area contributed by atoms with Crippen molar-refractivity contribution in [1.82, 2.24) is 9.78 Å². The minimum Gasteiger partial charge on any atom is -0.327 e. The van der Waals surface area contributed by atoms with Gasteiger partial charge in [-0.2, -0.15) is 5.10 Å². The minimum atomic E-state index is -2.97. The Morgan fingerprint density at radius 3 is 2.87 bits per heavy atom. The van der Waals surface area contributed by atoms with Crippen molar-refractivity contribution < 1.29 is 8.42 Å². The highest BCUT2D eigenvalue weighted by Gasteiger charge is 2.56. The maximum absolute atomic E-state index is 11.3. The molecule has 0 bridgehead atoms. The molecule has 4 rings (SSSR count). The Hall–Kier alpha value is -1.66. The lowest BCUT2D eigenvalue weighted by Crippen LogP contribution is -2.15. The van der Waals surface area contributed by atoms with Crippen LogP contribution < -0.4 is 5.73 Å². The van der Waals surface area contributed by atoms with Gasteiger partial charge in [-0.05, 0) is 36.0 Å². The number of rotatable bonds is 4. The van der Waals surface area contributed by atoms with Gasteiger partial charge < -0.3 is 5.73 Å². The molecule has 0 radical (unpaired) electrons. The Labute approximate surface area is 136 Å². The van der Waals surface area contributed by atoms with E-state index >= 15 is 0 Å². The highest BCUT2D eigenvalue weighted by Crippen LogP contribution is 2.56. The van der Waals surface area contributed by atoms with Crippen LogP contribution in [0.3, 0.4) is 0 Å². The number of aryl methyl sites for hydroxylation is 2. The third-order valence-electron chi connectivity index (χ3n) is 5.28. The van der Waals surface area contributed by atoms with Crippen molar-refractivity contribution in [3.63, 3.8) is 0 Å². The fraction of sp³-hybridized carbons (Fsp3) is 0.471. The van der Waals surface area contributed by atoms with Crippen molar-refractivity contribution in [2.75, 3.05) is 12.0 Å². The van der Waals surface area contributed by atoms with E-state index in [1.54, 1.807) is 10.9 Å². The lowest BCUT2D eigenvalue weighted by atomic mass is 9.94. The predicted molar refractivity (Wildman–Crippen MR) is 90.0 cm³/mol. The highest BCUT2D eigenvalue weighted by atomic mass is 32.2. The van der Waals surface area contributed by atoms with E-state index in [-0.39, 0.29) is 11.2 Å². The van der Waals surface area contributed by atoms with Gasteiger partial charge in [0.15, 0.2) is 0 Å². The molecule has 0 saturated heterocycles. The van der Waals surface area contributed by atoms with Crippen molar-refractivity contribution in [2.24, 2.45) is 5.73 Å². The van der Waals surface area contributed by atoms with Crippen LogP contribution in [-0.4, -0.2) is 36.2 Å². The lowest BCUT2D eigenvalue weighted by Gasteiger charge is -2.11. The summed E-state index contributed by atoms with van der Waals surface area (Å²) in [6.07, 6.45) is 8.35.